The predicted octanol–water partition coefficient (Wildman–Crippen LogP) is 4.69. The Balaban J connectivity index is 1.95. The molecule has 0 saturated heterocycles. The van der Waals surface area contributed by atoms with Crippen LogP contribution >= 0.6 is 15.9 Å². The molecule has 0 spiro atoms. The topological polar surface area (TPSA) is 46.9 Å². The van der Waals surface area contributed by atoms with Gasteiger partial charge in [-0.1, -0.05) is 28.1 Å². The van der Waals surface area contributed by atoms with Crippen molar-refractivity contribution in [3.8, 4) is 11.3 Å². The van der Waals surface area contributed by atoms with E-state index in [1.807, 2.05) is 25.1 Å². The van der Waals surface area contributed by atoms with Crippen LogP contribution in [0.4, 0.5) is 14.5 Å². The van der Waals surface area contributed by atoms with Gasteiger partial charge in [-0.05, 0) is 42.8 Å². The fourth-order valence-electron chi connectivity index (χ4n) is 2.50. The number of para-hydroxylation sites is 1. The van der Waals surface area contributed by atoms with Crippen LogP contribution in [0.2, 0.25) is 0 Å². The molecule has 0 fully saturated rings. The van der Waals surface area contributed by atoms with Crippen LogP contribution in [0.15, 0.2) is 46.9 Å². The van der Waals surface area contributed by atoms with Crippen LogP contribution in [-0.4, -0.2) is 15.7 Å². The first-order valence-electron chi connectivity index (χ1n) is 7.42. The molecule has 0 aliphatic carbocycles. The summed E-state index contributed by atoms with van der Waals surface area (Å²) < 4.78 is 29.8. The van der Waals surface area contributed by atoms with E-state index in [-0.39, 0.29) is 5.69 Å². The maximum absolute atomic E-state index is 13.7. The lowest BCUT2D eigenvalue weighted by Gasteiger charge is -2.06. The second kappa shape index (κ2) is 6.76. The second-order valence-electron chi connectivity index (χ2n) is 5.55. The van der Waals surface area contributed by atoms with Crippen molar-refractivity contribution in [2.45, 2.75) is 6.92 Å². The fourth-order valence-corrected chi connectivity index (χ4v) is 2.86. The van der Waals surface area contributed by atoms with Gasteiger partial charge < -0.3 is 5.32 Å². The van der Waals surface area contributed by atoms with Crippen molar-refractivity contribution in [2.75, 3.05) is 5.32 Å². The molecule has 1 heterocycles. The molecular formula is C18H14BrF2N3O. The molecule has 0 atom stereocenters. The smallest absolute Gasteiger partial charge is 0.276 e. The van der Waals surface area contributed by atoms with E-state index in [1.165, 1.54) is 6.07 Å². The maximum Gasteiger partial charge on any atom is 0.276 e. The van der Waals surface area contributed by atoms with E-state index in [4.69, 9.17) is 0 Å². The number of benzene rings is 2. The first-order valence-corrected chi connectivity index (χ1v) is 8.22. The Morgan fingerprint density at radius 2 is 1.84 bits per heavy atom. The van der Waals surface area contributed by atoms with Gasteiger partial charge in [0.15, 0.2) is 5.69 Å². The van der Waals surface area contributed by atoms with E-state index in [9.17, 15) is 13.6 Å². The summed E-state index contributed by atoms with van der Waals surface area (Å²) in [6.45, 7) is 1.95. The van der Waals surface area contributed by atoms with Crippen molar-refractivity contribution in [1.29, 1.82) is 0 Å². The van der Waals surface area contributed by atoms with E-state index < -0.39 is 23.2 Å². The standard InChI is InChI=1S/C18H14BrF2N3O/c1-10-6-7-11(19)8-12(10)16-9-15(23-24(16)2)18(25)22-17-13(20)4-3-5-14(17)21/h3-9H,1-2H3,(H,22,25). The molecule has 4 nitrogen and oxygen atoms in total. The lowest BCUT2D eigenvalue weighted by Crippen LogP contribution is -2.15. The molecule has 2 aromatic carbocycles. The zero-order valence-corrected chi connectivity index (χ0v) is 15.1. The number of carbonyl (C=O) groups is 1. The third-order valence-electron chi connectivity index (χ3n) is 3.79. The van der Waals surface area contributed by atoms with Crippen molar-refractivity contribution in [3.05, 3.63) is 69.8 Å². The molecule has 0 saturated carbocycles. The molecule has 0 radical (unpaired) electrons. The summed E-state index contributed by atoms with van der Waals surface area (Å²) in [5, 5.41) is 6.40. The Labute approximate surface area is 151 Å². The fraction of sp³-hybridized carbons (Fsp3) is 0.111. The average Bonchev–Trinajstić information content (AvgIpc) is 2.95. The van der Waals surface area contributed by atoms with Crippen LogP contribution < -0.4 is 5.32 Å². The highest BCUT2D eigenvalue weighted by Crippen LogP contribution is 2.27. The Hall–Kier alpha value is -2.54. The van der Waals surface area contributed by atoms with Gasteiger partial charge in [0.2, 0.25) is 0 Å². The Kier molecular flexibility index (Phi) is 4.67. The lowest BCUT2D eigenvalue weighted by atomic mass is 10.1. The third-order valence-corrected chi connectivity index (χ3v) is 4.28. The summed E-state index contributed by atoms with van der Waals surface area (Å²) in [7, 11) is 1.70. The summed E-state index contributed by atoms with van der Waals surface area (Å²) in [5.74, 6) is -2.36. The first-order chi connectivity index (χ1) is 11.9. The first kappa shape index (κ1) is 17.3. The molecule has 0 aliphatic heterocycles. The summed E-state index contributed by atoms with van der Waals surface area (Å²) in [6.07, 6.45) is 0. The van der Waals surface area contributed by atoms with Crippen LogP contribution in [0.25, 0.3) is 11.3 Å². The van der Waals surface area contributed by atoms with E-state index in [1.54, 1.807) is 17.8 Å². The van der Waals surface area contributed by atoms with Gasteiger partial charge in [-0.25, -0.2) is 8.78 Å². The highest BCUT2D eigenvalue weighted by molar-refractivity contribution is 9.10. The van der Waals surface area contributed by atoms with Gasteiger partial charge >= 0.3 is 0 Å². The van der Waals surface area contributed by atoms with Crippen molar-refractivity contribution in [1.82, 2.24) is 9.78 Å². The molecule has 1 amide bonds. The monoisotopic (exact) mass is 405 g/mol. The number of nitrogens with one attached hydrogen (secondary N) is 1. The van der Waals surface area contributed by atoms with Gasteiger partial charge in [-0.3, -0.25) is 9.48 Å². The van der Waals surface area contributed by atoms with Gasteiger partial charge in [0, 0.05) is 17.1 Å². The summed E-state index contributed by atoms with van der Waals surface area (Å²) in [4.78, 5) is 12.3. The molecule has 0 bridgehead atoms. The van der Waals surface area contributed by atoms with Crippen molar-refractivity contribution in [3.63, 3.8) is 0 Å². The van der Waals surface area contributed by atoms with Crippen LogP contribution in [0.5, 0.6) is 0 Å². The van der Waals surface area contributed by atoms with E-state index in [0.29, 0.717) is 0 Å². The molecule has 0 aliphatic rings. The van der Waals surface area contributed by atoms with Crippen LogP contribution in [0.3, 0.4) is 0 Å². The number of hydrogen-bond acceptors (Lipinski definition) is 2. The zero-order valence-electron chi connectivity index (χ0n) is 13.5. The van der Waals surface area contributed by atoms with Gasteiger partial charge in [-0.15, -0.1) is 0 Å². The number of halogens is 3. The number of rotatable bonds is 3. The highest BCUT2D eigenvalue weighted by atomic mass is 79.9. The molecule has 3 aromatic rings. The molecule has 25 heavy (non-hydrogen) atoms. The minimum absolute atomic E-state index is 0.0690. The molecule has 1 N–H and O–H groups in total. The minimum atomic E-state index is -0.840. The van der Waals surface area contributed by atoms with Crippen molar-refractivity contribution >= 4 is 27.5 Å². The van der Waals surface area contributed by atoms with Gasteiger partial charge in [0.25, 0.3) is 5.91 Å². The Bertz CT molecular complexity index is 949. The Morgan fingerprint density at radius 3 is 2.52 bits per heavy atom. The van der Waals surface area contributed by atoms with Crippen LogP contribution in [0, 0.1) is 18.6 Å². The van der Waals surface area contributed by atoms with Gasteiger partial charge in [0.1, 0.15) is 17.3 Å². The molecule has 1 aromatic heterocycles. The molecule has 7 heteroatoms. The molecule has 0 unspecified atom stereocenters. The van der Waals surface area contributed by atoms with Gasteiger partial charge in [0.05, 0.1) is 5.69 Å². The second-order valence-corrected chi connectivity index (χ2v) is 6.46. The summed E-state index contributed by atoms with van der Waals surface area (Å²) >= 11 is 3.42. The number of nitrogens with zero attached hydrogens (tertiary/aromatic N) is 2. The SMILES string of the molecule is Cc1ccc(Br)cc1-c1cc(C(=O)Nc2c(F)cccc2F)nn1C. The number of anilines is 1. The van der Waals surface area contributed by atoms with E-state index >= 15 is 0 Å². The minimum Gasteiger partial charge on any atom is -0.316 e. The largest absolute Gasteiger partial charge is 0.316 e. The van der Waals surface area contributed by atoms with Gasteiger partial charge in [-0.2, -0.15) is 5.10 Å². The van der Waals surface area contributed by atoms with Crippen LogP contribution in [-0.2, 0) is 7.05 Å². The number of carbonyl (C=O) groups excluding carboxylic acids is 1. The average molecular weight is 406 g/mol. The number of aryl methyl sites for hydroxylation is 2. The van der Waals surface area contributed by atoms with Crippen molar-refractivity contribution < 1.29 is 13.6 Å². The zero-order chi connectivity index (χ0) is 18.1. The third kappa shape index (κ3) is 3.46. The van der Waals surface area contributed by atoms with E-state index in [2.05, 4.69) is 26.3 Å². The quantitative estimate of drug-likeness (QED) is 0.686. The van der Waals surface area contributed by atoms with E-state index in [0.717, 1.165) is 33.4 Å². The summed E-state index contributed by atoms with van der Waals surface area (Å²) in [5.41, 5.74) is 2.22. The highest BCUT2D eigenvalue weighted by Gasteiger charge is 2.18. The maximum atomic E-state index is 13.7. The normalized spacial score (nSPS) is 10.8. The lowest BCUT2D eigenvalue weighted by molar-refractivity contribution is 0.102. The molecule has 128 valence electrons. The molecular weight excluding hydrogens is 392 g/mol. The number of amides is 1. The Morgan fingerprint density at radius 1 is 1.16 bits per heavy atom. The summed E-state index contributed by atoms with van der Waals surface area (Å²) in [6, 6.07) is 10.8. The number of hydrogen-bond donors (Lipinski definition) is 1. The molecule has 3 rings (SSSR count). The number of aromatic nitrogens is 2. The van der Waals surface area contributed by atoms with Crippen molar-refractivity contribution in [2.24, 2.45) is 7.05 Å². The predicted molar refractivity (Wildman–Crippen MR) is 95.4 cm³/mol. The van der Waals surface area contributed by atoms with Crippen LogP contribution in [0.1, 0.15) is 16.1 Å².